The molecule has 1 aromatic rings. The Labute approximate surface area is 113 Å². The summed E-state index contributed by atoms with van der Waals surface area (Å²) in [6.07, 6.45) is 9.29. The van der Waals surface area contributed by atoms with E-state index in [1.807, 2.05) is 6.08 Å². The summed E-state index contributed by atoms with van der Waals surface area (Å²) in [7, 11) is 0. The van der Waals surface area contributed by atoms with E-state index in [4.69, 9.17) is 0 Å². The minimum atomic E-state index is 0.103. The van der Waals surface area contributed by atoms with Crippen molar-refractivity contribution < 1.29 is 0 Å². The molecular weight excluding hydrogens is 216 g/mol. The van der Waals surface area contributed by atoms with Gasteiger partial charge in [0.15, 0.2) is 0 Å². The minimum absolute atomic E-state index is 0.103. The van der Waals surface area contributed by atoms with E-state index in [0.29, 0.717) is 0 Å². The molecule has 0 heteroatoms. The van der Waals surface area contributed by atoms with E-state index in [1.165, 1.54) is 49.7 Å². The van der Waals surface area contributed by atoms with E-state index < -0.39 is 0 Å². The number of unbranched alkanes of at least 4 members (excludes halogenated alkanes) is 2. The summed E-state index contributed by atoms with van der Waals surface area (Å²) < 4.78 is 0. The van der Waals surface area contributed by atoms with Gasteiger partial charge in [-0.15, -0.1) is 0 Å². The van der Waals surface area contributed by atoms with Crippen LogP contribution in [0, 0.1) is 6.92 Å². The van der Waals surface area contributed by atoms with Crippen LogP contribution in [0.3, 0.4) is 0 Å². The Hall–Kier alpha value is -1.04. The van der Waals surface area contributed by atoms with E-state index in [0.717, 1.165) is 0 Å². The molecule has 1 radical (unpaired) electrons. The predicted molar refractivity (Wildman–Crippen MR) is 82.6 cm³/mol. The van der Waals surface area contributed by atoms with Gasteiger partial charge < -0.3 is 0 Å². The summed E-state index contributed by atoms with van der Waals surface area (Å²) in [6, 6.07) is 8.77. The third kappa shape index (κ3) is 4.01. The second kappa shape index (κ2) is 7.41. The van der Waals surface area contributed by atoms with Gasteiger partial charge in [-0.3, -0.25) is 0 Å². The molecule has 0 spiro atoms. The van der Waals surface area contributed by atoms with E-state index >= 15 is 0 Å². The van der Waals surface area contributed by atoms with Crippen LogP contribution in [0.1, 0.15) is 63.5 Å². The first kappa shape index (κ1) is 15.0. The highest BCUT2D eigenvalue weighted by Gasteiger charge is 2.25. The molecule has 0 saturated heterocycles. The molecule has 0 fully saturated rings. The van der Waals surface area contributed by atoms with Gasteiger partial charge in [0.05, 0.1) is 0 Å². The second-order valence-corrected chi connectivity index (χ2v) is 5.31. The Morgan fingerprint density at radius 1 is 1.00 bits per heavy atom. The van der Waals surface area contributed by atoms with Crippen LogP contribution in [0.2, 0.25) is 0 Å². The van der Waals surface area contributed by atoms with Crippen LogP contribution < -0.4 is 0 Å². The first-order valence-electron chi connectivity index (χ1n) is 7.24. The molecule has 0 unspecified atom stereocenters. The molecule has 0 nitrogen and oxygen atoms in total. The molecule has 1 rings (SSSR count). The van der Waals surface area contributed by atoms with Crippen molar-refractivity contribution in [2.24, 2.45) is 0 Å². The summed E-state index contributed by atoms with van der Waals surface area (Å²) in [5.41, 5.74) is 2.67. The van der Waals surface area contributed by atoms with E-state index in [1.54, 1.807) is 0 Å². The van der Waals surface area contributed by atoms with Crippen molar-refractivity contribution in [3.63, 3.8) is 0 Å². The fraction of sp³-hybridized carbons (Fsp3) is 0.500. The molecule has 0 amide bonds. The molecule has 0 aliphatic rings. The molecule has 0 bridgehead atoms. The molecule has 0 atom stereocenters. The topological polar surface area (TPSA) is 0 Å². The third-order valence-electron chi connectivity index (χ3n) is 3.78. The highest BCUT2D eigenvalue weighted by Crippen LogP contribution is 2.34. The Morgan fingerprint density at radius 2 is 1.50 bits per heavy atom. The zero-order valence-corrected chi connectivity index (χ0v) is 12.0. The first-order valence-corrected chi connectivity index (χ1v) is 7.24. The van der Waals surface area contributed by atoms with Gasteiger partial charge in [0.25, 0.3) is 0 Å². The highest BCUT2D eigenvalue weighted by molar-refractivity contribution is 5.48. The van der Waals surface area contributed by atoms with Gasteiger partial charge in [0.1, 0.15) is 0 Å². The fourth-order valence-corrected chi connectivity index (χ4v) is 2.42. The molecular formula is C18H27. The van der Waals surface area contributed by atoms with Crippen molar-refractivity contribution in [1.29, 1.82) is 0 Å². The number of rotatable bonds is 8. The van der Waals surface area contributed by atoms with Gasteiger partial charge >= 0.3 is 0 Å². The molecule has 1 aromatic carbocycles. The van der Waals surface area contributed by atoms with Crippen LogP contribution in [0.4, 0.5) is 0 Å². The molecule has 0 aromatic heterocycles. The molecule has 0 heterocycles. The van der Waals surface area contributed by atoms with Crippen molar-refractivity contribution in [1.82, 2.24) is 0 Å². The number of benzene rings is 1. The van der Waals surface area contributed by atoms with Crippen LogP contribution in [0.5, 0.6) is 0 Å². The van der Waals surface area contributed by atoms with Gasteiger partial charge in [-0.25, -0.2) is 0 Å². The van der Waals surface area contributed by atoms with Gasteiger partial charge in [-0.2, -0.15) is 0 Å². The lowest BCUT2D eigenvalue weighted by molar-refractivity contribution is 0.416. The molecule has 0 N–H and O–H groups in total. The highest BCUT2D eigenvalue weighted by atomic mass is 14.3. The van der Waals surface area contributed by atoms with Crippen LogP contribution in [-0.4, -0.2) is 0 Å². The lowest BCUT2D eigenvalue weighted by atomic mass is 9.74. The van der Waals surface area contributed by atoms with Crippen molar-refractivity contribution in [2.45, 2.75) is 57.8 Å². The van der Waals surface area contributed by atoms with E-state index in [9.17, 15) is 0 Å². The van der Waals surface area contributed by atoms with Crippen LogP contribution in [-0.2, 0) is 5.41 Å². The Balaban J connectivity index is 2.88. The Morgan fingerprint density at radius 3 is 1.89 bits per heavy atom. The quantitative estimate of drug-likeness (QED) is 0.542. The molecule has 0 aliphatic carbocycles. The fourth-order valence-electron chi connectivity index (χ4n) is 2.42. The molecule has 0 saturated carbocycles. The SMILES string of the molecule is [CH2]C(CCCC)(CCCC)c1ccc(C=C)cc1. The van der Waals surface area contributed by atoms with Gasteiger partial charge in [0.2, 0.25) is 0 Å². The van der Waals surface area contributed by atoms with Crippen LogP contribution in [0.15, 0.2) is 30.8 Å². The number of hydrogen-bond donors (Lipinski definition) is 0. The average Bonchev–Trinajstić information content (AvgIpc) is 2.43. The van der Waals surface area contributed by atoms with Crippen LogP contribution in [0.25, 0.3) is 6.08 Å². The van der Waals surface area contributed by atoms with E-state index in [-0.39, 0.29) is 5.41 Å². The summed E-state index contributed by atoms with van der Waals surface area (Å²) in [4.78, 5) is 0. The van der Waals surface area contributed by atoms with Crippen molar-refractivity contribution >= 4 is 6.08 Å². The molecule has 0 aliphatic heterocycles. The normalized spacial score (nSPS) is 11.5. The lowest BCUT2D eigenvalue weighted by Crippen LogP contribution is -2.22. The first-order chi connectivity index (χ1) is 8.66. The van der Waals surface area contributed by atoms with Gasteiger partial charge in [-0.05, 0) is 36.3 Å². The third-order valence-corrected chi connectivity index (χ3v) is 3.78. The average molecular weight is 243 g/mol. The standard InChI is InChI=1S/C18H27/c1-5-8-14-18(4,15-9-6-2)17-12-10-16(7-3)11-13-17/h7,10-13H,3-6,8-9,14-15H2,1-2H3. The van der Waals surface area contributed by atoms with Crippen molar-refractivity contribution in [3.05, 3.63) is 48.9 Å². The summed E-state index contributed by atoms with van der Waals surface area (Å²) >= 11 is 0. The Bertz CT molecular complexity index is 337. The monoisotopic (exact) mass is 243 g/mol. The van der Waals surface area contributed by atoms with E-state index in [2.05, 4.69) is 51.6 Å². The Kier molecular flexibility index (Phi) is 6.18. The maximum atomic E-state index is 4.54. The minimum Gasteiger partial charge on any atom is -0.0985 e. The van der Waals surface area contributed by atoms with Crippen molar-refractivity contribution in [3.8, 4) is 0 Å². The molecule has 18 heavy (non-hydrogen) atoms. The maximum absolute atomic E-state index is 4.54. The van der Waals surface area contributed by atoms with Crippen LogP contribution >= 0.6 is 0 Å². The predicted octanol–water partition coefficient (Wildman–Crippen LogP) is 5.78. The summed E-state index contributed by atoms with van der Waals surface area (Å²) in [5.74, 6) is 0. The smallest absolute Gasteiger partial charge is 0.00466 e. The summed E-state index contributed by atoms with van der Waals surface area (Å²) in [6.45, 7) is 12.9. The second-order valence-electron chi connectivity index (χ2n) is 5.31. The van der Waals surface area contributed by atoms with Crippen molar-refractivity contribution in [2.75, 3.05) is 0 Å². The number of hydrogen-bond acceptors (Lipinski definition) is 0. The zero-order chi connectivity index (χ0) is 13.4. The summed E-state index contributed by atoms with van der Waals surface area (Å²) in [5, 5.41) is 0. The maximum Gasteiger partial charge on any atom is -0.00466 e. The van der Waals surface area contributed by atoms with Gasteiger partial charge in [-0.1, -0.05) is 76.5 Å². The van der Waals surface area contributed by atoms with Gasteiger partial charge in [0, 0.05) is 0 Å². The zero-order valence-electron chi connectivity index (χ0n) is 12.0. The largest absolute Gasteiger partial charge is 0.0985 e. The lowest BCUT2D eigenvalue weighted by Gasteiger charge is -2.30. The molecule has 99 valence electrons.